The first kappa shape index (κ1) is 21.3. The molecule has 152 valence electrons. The molecule has 29 heavy (non-hydrogen) atoms. The number of nitrogens with zero attached hydrogens (tertiary/aromatic N) is 3. The maximum absolute atomic E-state index is 13.2. The molecule has 0 aliphatic heterocycles. The van der Waals surface area contributed by atoms with Crippen LogP contribution in [-0.2, 0) is 0 Å². The minimum atomic E-state index is -0.227. The molecule has 0 aliphatic rings. The second-order valence-electron chi connectivity index (χ2n) is 6.54. The van der Waals surface area contributed by atoms with E-state index in [1.807, 2.05) is 26.0 Å². The molecular formula is C21H21BrClN3O3. The van der Waals surface area contributed by atoms with E-state index in [0.29, 0.717) is 38.8 Å². The zero-order valence-corrected chi connectivity index (χ0v) is 18.9. The van der Waals surface area contributed by atoms with Gasteiger partial charge in [-0.25, -0.2) is 4.98 Å². The molecule has 8 heteroatoms. The van der Waals surface area contributed by atoms with E-state index < -0.39 is 0 Å². The summed E-state index contributed by atoms with van der Waals surface area (Å²) in [6, 6.07) is 8.90. The van der Waals surface area contributed by atoms with Gasteiger partial charge in [0.15, 0.2) is 11.5 Å². The van der Waals surface area contributed by atoms with Crippen LogP contribution in [0.4, 0.5) is 0 Å². The van der Waals surface area contributed by atoms with Crippen LogP contribution in [0, 0.1) is 0 Å². The van der Waals surface area contributed by atoms with E-state index in [1.54, 1.807) is 24.4 Å². The molecule has 0 N–H and O–H groups in total. The van der Waals surface area contributed by atoms with Gasteiger partial charge >= 0.3 is 0 Å². The number of fused-ring (bicyclic) bond motifs is 1. The Morgan fingerprint density at radius 3 is 2.69 bits per heavy atom. The lowest BCUT2D eigenvalue weighted by Crippen LogP contribution is -2.23. The van der Waals surface area contributed by atoms with Crippen LogP contribution in [0.3, 0.4) is 0 Å². The fourth-order valence-electron chi connectivity index (χ4n) is 2.92. The average Bonchev–Trinajstić information content (AvgIpc) is 2.72. The maximum atomic E-state index is 13.2. The third kappa shape index (κ3) is 4.31. The smallest absolute Gasteiger partial charge is 0.282 e. The minimum absolute atomic E-state index is 0.0573. The quantitative estimate of drug-likeness (QED) is 0.455. The standard InChI is InChI=1S/C21H21BrClN3O3/c1-5-12(2)20-25-17-7-6-14(22)10-15(17)21(27)26(20)24-11-13-8-16(23)19(29-4)18(9-13)28-3/h6-12H,5H2,1-4H3/t12-/m1/s1. The van der Waals surface area contributed by atoms with Crippen molar-refractivity contribution in [1.29, 1.82) is 0 Å². The Hall–Kier alpha value is -2.38. The first-order valence-electron chi connectivity index (χ1n) is 9.07. The summed E-state index contributed by atoms with van der Waals surface area (Å²) in [5.74, 6) is 1.59. The van der Waals surface area contributed by atoms with Crippen LogP contribution >= 0.6 is 27.5 Å². The highest BCUT2D eigenvalue weighted by molar-refractivity contribution is 9.10. The highest BCUT2D eigenvalue weighted by Gasteiger charge is 2.16. The van der Waals surface area contributed by atoms with Crippen molar-refractivity contribution < 1.29 is 9.47 Å². The predicted molar refractivity (Wildman–Crippen MR) is 120 cm³/mol. The first-order chi connectivity index (χ1) is 13.9. The van der Waals surface area contributed by atoms with E-state index >= 15 is 0 Å². The number of methoxy groups -OCH3 is 2. The van der Waals surface area contributed by atoms with E-state index in [4.69, 9.17) is 26.1 Å². The second-order valence-corrected chi connectivity index (χ2v) is 7.86. The van der Waals surface area contributed by atoms with E-state index in [9.17, 15) is 4.79 Å². The molecule has 6 nitrogen and oxygen atoms in total. The van der Waals surface area contributed by atoms with Gasteiger partial charge in [-0.1, -0.05) is 41.4 Å². The molecule has 0 bridgehead atoms. The Morgan fingerprint density at radius 1 is 1.28 bits per heavy atom. The van der Waals surface area contributed by atoms with Gasteiger partial charge in [0.05, 0.1) is 36.4 Å². The Kier molecular flexibility index (Phi) is 6.59. The van der Waals surface area contributed by atoms with Crippen molar-refractivity contribution in [3.05, 3.63) is 61.6 Å². The van der Waals surface area contributed by atoms with Gasteiger partial charge in [0.2, 0.25) is 0 Å². The number of aromatic nitrogens is 2. The molecule has 0 spiro atoms. The van der Waals surface area contributed by atoms with Gasteiger partial charge in [0.1, 0.15) is 5.82 Å². The summed E-state index contributed by atoms with van der Waals surface area (Å²) in [6.07, 6.45) is 2.39. The molecule has 0 saturated carbocycles. The van der Waals surface area contributed by atoms with Crippen LogP contribution in [-0.4, -0.2) is 30.1 Å². The molecule has 0 unspecified atom stereocenters. The molecule has 0 fully saturated rings. The Bertz CT molecular complexity index is 1140. The average molecular weight is 479 g/mol. The van der Waals surface area contributed by atoms with Crippen molar-refractivity contribution in [2.24, 2.45) is 5.10 Å². The second kappa shape index (κ2) is 8.97. The molecule has 3 aromatic rings. The van der Waals surface area contributed by atoms with Crippen LogP contribution in [0.1, 0.15) is 37.6 Å². The van der Waals surface area contributed by atoms with Crippen LogP contribution in [0.25, 0.3) is 10.9 Å². The topological polar surface area (TPSA) is 65.7 Å². The molecule has 1 heterocycles. The first-order valence-corrected chi connectivity index (χ1v) is 10.2. The Labute approximate surface area is 182 Å². The van der Waals surface area contributed by atoms with Crippen molar-refractivity contribution in [3.63, 3.8) is 0 Å². The fourth-order valence-corrected chi connectivity index (χ4v) is 3.57. The summed E-state index contributed by atoms with van der Waals surface area (Å²) in [4.78, 5) is 17.8. The van der Waals surface area contributed by atoms with E-state index in [2.05, 4.69) is 21.0 Å². The fraction of sp³-hybridized carbons (Fsp3) is 0.286. The van der Waals surface area contributed by atoms with E-state index in [-0.39, 0.29) is 11.5 Å². The van der Waals surface area contributed by atoms with Gasteiger partial charge in [-0.3, -0.25) is 4.79 Å². The molecule has 1 atom stereocenters. The zero-order valence-electron chi connectivity index (χ0n) is 16.6. The summed E-state index contributed by atoms with van der Waals surface area (Å²) < 4.78 is 12.7. The van der Waals surface area contributed by atoms with Crippen LogP contribution in [0.2, 0.25) is 5.02 Å². The molecule has 3 rings (SSSR count). The monoisotopic (exact) mass is 477 g/mol. The lowest BCUT2D eigenvalue weighted by molar-refractivity contribution is 0.355. The molecular weight excluding hydrogens is 458 g/mol. The normalized spacial score (nSPS) is 12.5. The third-order valence-corrected chi connectivity index (χ3v) is 5.44. The number of rotatable bonds is 6. The van der Waals surface area contributed by atoms with Crippen LogP contribution in [0.5, 0.6) is 11.5 Å². The Balaban J connectivity index is 2.17. The molecule has 0 saturated heterocycles. The van der Waals surface area contributed by atoms with Gasteiger partial charge in [-0.05, 0) is 42.3 Å². The van der Waals surface area contributed by atoms with Crippen LogP contribution < -0.4 is 15.0 Å². The lowest BCUT2D eigenvalue weighted by Gasteiger charge is -2.14. The van der Waals surface area contributed by atoms with Crippen molar-refractivity contribution in [3.8, 4) is 11.5 Å². The Morgan fingerprint density at radius 2 is 2.03 bits per heavy atom. The molecule has 1 aromatic heterocycles. The minimum Gasteiger partial charge on any atom is -0.493 e. The highest BCUT2D eigenvalue weighted by Crippen LogP contribution is 2.35. The van der Waals surface area contributed by atoms with Crippen molar-refractivity contribution in [2.45, 2.75) is 26.2 Å². The summed E-state index contributed by atoms with van der Waals surface area (Å²) in [5.41, 5.74) is 1.09. The van der Waals surface area contributed by atoms with E-state index in [1.165, 1.54) is 18.9 Å². The number of hydrogen-bond donors (Lipinski definition) is 0. The predicted octanol–water partition coefficient (Wildman–Crippen LogP) is 5.23. The van der Waals surface area contributed by atoms with Crippen LogP contribution in [0.15, 0.2) is 44.7 Å². The zero-order chi connectivity index (χ0) is 21.1. The third-order valence-electron chi connectivity index (χ3n) is 4.66. The number of hydrogen-bond acceptors (Lipinski definition) is 5. The van der Waals surface area contributed by atoms with Gasteiger partial charge in [-0.15, -0.1) is 0 Å². The SMILES string of the molecule is CC[C@@H](C)c1nc2ccc(Br)cc2c(=O)n1N=Cc1cc(Cl)c(OC)c(OC)c1. The number of ether oxygens (including phenoxy) is 2. The molecule has 0 radical (unpaired) electrons. The summed E-state index contributed by atoms with van der Waals surface area (Å²) in [7, 11) is 3.06. The van der Waals surface area contributed by atoms with Crippen molar-refractivity contribution in [1.82, 2.24) is 9.66 Å². The molecule has 0 aliphatic carbocycles. The van der Waals surface area contributed by atoms with E-state index in [0.717, 1.165) is 10.9 Å². The largest absolute Gasteiger partial charge is 0.493 e. The summed E-state index contributed by atoms with van der Waals surface area (Å²) in [5, 5.41) is 5.33. The van der Waals surface area contributed by atoms with Gasteiger partial charge in [0, 0.05) is 10.4 Å². The highest BCUT2D eigenvalue weighted by atomic mass is 79.9. The lowest BCUT2D eigenvalue weighted by atomic mass is 10.1. The summed E-state index contributed by atoms with van der Waals surface area (Å²) in [6.45, 7) is 4.07. The number of halogens is 2. The maximum Gasteiger partial charge on any atom is 0.282 e. The van der Waals surface area contributed by atoms with Crippen molar-refractivity contribution >= 4 is 44.6 Å². The molecule has 2 aromatic carbocycles. The van der Waals surface area contributed by atoms with Crippen molar-refractivity contribution in [2.75, 3.05) is 14.2 Å². The summed E-state index contributed by atoms with van der Waals surface area (Å²) >= 11 is 9.68. The molecule has 0 amide bonds. The van der Waals surface area contributed by atoms with Gasteiger partial charge in [-0.2, -0.15) is 9.78 Å². The van der Waals surface area contributed by atoms with Gasteiger partial charge < -0.3 is 9.47 Å². The van der Waals surface area contributed by atoms with Gasteiger partial charge in [0.25, 0.3) is 5.56 Å². The number of benzene rings is 2.